The maximum atomic E-state index is 12.0. The summed E-state index contributed by atoms with van der Waals surface area (Å²) in [5, 5.41) is 6.97. The number of amides is 1. The van der Waals surface area contributed by atoms with Crippen LogP contribution in [0.25, 0.3) is 0 Å². The van der Waals surface area contributed by atoms with Crippen molar-refractivity contribution in [2.24, 2.45) is 5.92 Å². The smallest absolute Gasteiger partial charge is 0.252 e. The molecular weight excluding hydrogens is 258 g/mol. The number of aromatic nitrogens is 2. The predicted octanol–water partition coefficient (Wildman–Crippen LogP) is 2.25. The van der Waals surface area contributed by atoms with Crippen LogP contribution < -0.4 is 5.32 Å². The van der Waals surface area contributed by atoms with E-state index in [0.29, 0.717) is 5.92 Å². The standard InChI is InChI=1S/C14H17N3OS/c1-10-8-19-9-12(10)14(18)16-7-11-2-4-17-5-3-15-13(17)6-11/h3,5,8-9,11H,2,4,6-7H2,1H3,(H,16,18). The van der Waals surface area contributed by atoms with Crippen molar-refractivity contribution in [3.05, 3.63) is 40.1 Å². The molecule has 1 unspecified atom stereocenters. The first-order valence-electron chi connectivity index (χ1n) is 6.55. The minimum absolute atomic E-state index is 0.0488. The molecule has 3 heterocycles. The summed E-state index contributed by atoms with van der Waals surface area (Å²) >= 11 is 1.57. The van der Waals surface area contributed by atoms with E-state index in [0.717, 1.165) is 42.9 Å². The van der Waals surface area contributed by atoms with Gasteiger partial charge in [0.05, 0.1) is 5.56 Å². The maximum absolute atomic E-state index is 12.0. The quantitative estimate of drug-likeness (QED) is 0.934. The molecule has 0 aliphatic carbocycles. The van der Waals surface area contributed by atoms with E-state index in [2.05, 4.69) is 14.9 Å². The molecule has 19 heavy (non-hydrogen) atoms. The fraction of sp³-hybridized carbons (Fsp3) is 0.429. The van der Waals surface area contributed by atoms with Crippen molar-refractivity contribution in [3.8, 4) is 0 Å². The Morgan fingerprint density at radius 1 is 1.58 bits per heavy atom. The van der Waals surface area contributed by atoms with Gasteiger partial charge in [-0.3, -0.25) is 4.79 Å². The van der Waals surface area contributed by atoms with Crippen LogP contribution in [0.15, 0.2) is 23.2 Å². The number of hydrogen-bond acceptors (Lipinski definition) is 3. The highest BCUT2D eigenvalue weighted by molar-refractivity contribution is 7.08. The number of nitrogens with zero attached hydrogens (tertiary/aromatic N) is 2. The number of rotatable bonds is 3. The molecule has 1 atom stereocenters. The normalized spacial score (nSPS) is 18.1. The lowest BCUT2D eigenvalue weighted by atomic mass is 9.97. The van der Waals surface area contributed by atoms with Gasteiger partial charge in [-0.15, -0.1) is 0 Å². The Labute approximate surface area is 116 Å². The molecule has 2 aromatic rings. The molecule has 0 saturated heterocycles. The number of carbonyl (C=O) groups excluding carboxylic acids is 1. The van der Waals surface area contributed by atoms with Crippen LogP contribution in [-0.4, -0.2) is 22.0 Å². The second-order valence-corrected chi connectivity index (χ2v) is 5.82. The third kappa shape index (κ3) is 2.56. The molecule has 1 aliphatic heterocycles. The highest BCUT2D eigenvalue weighted by Crippen LogP contribution is 2.19. The van der Waals surface area contributed by atoms with Crippen LogP contribution in [0.1, 0.15) is 28.2 Å². The minimum Gasteiger partial charge on any atom is -0.352 e. The summed E-state index contributed by atoms with van der Waals surface area (Å²) in [5.41, 5.74) is 1.86. The Morgan fingerprint density at radius 2 is 2.47 bits per heavy atom. The van der Waals surface area contributed by atoms with Crippen molar-refractivity contribution >= 4 is 17.2 Å². The second kappa shape index (κ2) is 5.17. The Kier molecular flexibility index (Phi) is 3.38. The summed E-state index contributed by atoms with van der Waals surface area (Å²) in [5.74, 6) is 1.68. The Hall–Kier alpha value is -1.62. The first-order chi connectivity index (χ1) is 9.24. The molecule has 0 saturated carbocycles. The first-order valence-corrected chi connectivity index (χ1v) is 7.49. The zero-order valence-electron chi connectivity index (χ0n) is 10.9. The number of hydrogen-bond donors (Lipinski definition) is 1. The van der Waals surface area contributed by atoms with Gasteiger partial charge >= 0.3 is 0 Å². The monoisotopic (exact) mass is 275 g/mol. The van der Waals surface area contributed by atoms with Crippen LogP contribution in [0, 0.1) is 12.8 Å². The molecule has 5 heteroatoms. The van der Waals surface area contributed by atoms with E-state index in [1.807, 2.05) is 30.1 Å². The van der Waals surface area contributed by atoms with Gasteiger partial charge in [0.1, 0.15) is 5.82 Å². The number of nitrogens with one attached hydrogen (secondary N) is 1. The fourth-order valence-electron chi connectivity index (χ4n) is 2.52. The van der Waals surface area contributed by atoms with Crippen LogP contribution >= 0.6 is 11.3 Å². The third-order valence-corrected chi connectivity index (χ3v) is 4.56. The third-order valence-electron chi connectivity index (χ3n) is 3.70. The van der Waals surface area contributed by atoms with Crippen molar-refractivity contribution < 1.29 is 4.79 Å². The van der Waals surface area contributed by atoms with Crippen molar-refractivity contribution in [3.63, 3.8) is 0 Å². The molecule has 100 valence electrons. The molecule has 0 bridgehead atoms. The maximum Gasteiger partial charge on any atom is 0.252 e. The molecule has 0 fully saturated rings. The fourth-order valence-corrected chi connectivity index (χ4v) is 3.34. The molecular formula is C14H17N3OS. The highest BCUT2D eigenvalue weighted by atomic mass is 32.1. The molecule has 2 aromatic heterocycles. The summed E-state index contributed by atoms with van der Waals surface area (Å²) in [6.07, 6.45) is 5.94. The lowest BCUT2D eigenvalue weighted by Gasteiger charge is -2.23. The van der Waals surface area contributed by atoms with Gasteiger partial charge in [0, 0.05) is 37.3 Å². The van der Waals surface area contributed by atoms with Crippen LogP contribution in [0.2, 0.25) is 0 Å². The van der Waals surface area contributed by atoms with Gasteiger partial charge in [0.2, 0.25) is 0 Å². The average molecular weight is 275 g/mol. The number of imidazole rings is 1. The molecule has 0 radical (unpaired) electrons. The summed E-state index contributed by atoms with van der Waals surface area (Å²) in [6.45, 7) is 3.72. The summed E-state index contributed by atoms with van der Waals surface area (Å²) in [4.78, 5) is 16.4. The van der Waals surface area contributed by atoms with Gasteiger partial charge in [-0.05, 0) is 30.2 Å². The van der Waals surface area contributed by atoms with E-state index < -0.39 is 0 Å². The van der Waals surface area contributed by atoms with E-state index in [-0.39, 0.29) is 5.91 Å². The van der Waals surface area contributed by atoms with E-state index in [1.54, 1.807) is 11.3 Å². The molecule has 0 aromatic carbocycles. The molecule has 0 spiro atoms. The number of thiophene rings is 1. The number of carbonyl (C=O) groups is 1. The van der Waals surface area contributed by atoms with Crippen molar-refractivity contribution in [2.45, 2.75) is 26.3 Å². The largest absolute Gasteiger partial charge is 0.352 e. The molecule has 3 rings (SSSR count). The molecule has 1 amide bonds. The van der Waals surface area contributed by atoms with Crippen molar-refractivity contribution in [1.82, 2.24) is 14.9 Å². The summed E-state index contributed by atoms with van der Waals surface area (Å²) in [7, 11) is 0. The van der Waals surface area contributed by atoms with Crippen LogP contribution in [0.5, 0.6) is 0 Å². The predicted molar refractivity (Wildman–Crippen MR) is 75.4 cm³/mol. The zero-order valence-corrected chi connectivity index (χ0v) is 11.7. The van der Waals surface area contributed by atoms with Crippen LogP contribution in [0.3, 0.4) is 0 Å². The van der Waals surface area contributed by atoms with E-state index >= 15 is 0 Å². The second-order valence-electron chi connectivity index (χ2n) is 5.07. The van der Waals surface area contributed by atoms with Crippen LogP contribution in [-0.2, 0) is 13.0 Å². The van der Waals surface area contributed by atoms with Gasteiger partial charge in [-0.2, -0.15) is 11.3 Å². The summed E-state index contributed by atoms with van der Waals surface area (Å²) < 4.78 is 2.20. The summed E-state index contributed by atoms with van der Waals surface area (Å²) in [6, 6.07) is 0. The van der Waals surface area contributed by atoms with Crippen molar-refractivity contribution in [2.75, 3.05) is 6.54 Å². The van der Waals surface area contributed by atoms with Gasteiger partial charge in [0.25, 0.3) is 5.91 Å². The number of aryl methyl sites for hydroxylation is 2. The lowest BCUT2D eigenvalue weighted by molar-refractivity contribution is 0.0944. The lowest BCUT2D eigenvalue weighted by Crippen LogP contribution is -2.33. The van der Waals surface area contributed by atoms with Gasteiger partial charge in [0.15, 0.2) is 0 Å². The van der Waals surface area contributed by atoms with E-state index in [9.17, 15) is 4.79 Å². The average Bonchev–Trinajstić information content (AvgIpc) is 3.03. The topological polar surface area (TPSA) is 46.9 Å². The van der Waals surface area contributed by atoms with Crippen molar-refractivity contribution in [1.29, 1.82) is 0 Å². The number of fused-ring (bicyclic) bond motifs is 1. The Bertz CT molecular complexity index is 587. The van der Waals surface area contributed by atoms with E-state index in [4.69, 9.17) is 0 Å². The van der Waals surface area contributed by atoms with Gasteiger partial charge < -0.3 is 9.88 Å². The SMILES string of the molecule is Cc1cscc1C(=O)NCC1CCn2ccnc2C1. The first kappa shape index (κ1) is 12.4. The Morgan fingerprint density at radius 3 is 3.26 bits per heavy atom. The molecule has 1 aliphatic rings. The van der Waals surface area contributed by atoms with Gasteiger partial charge in [-0.25, -0.2) is 4.98 Å². The molecule has 1 N–H and O–H groups in total. The van der Waals surface area contributed by atoms with Gasteiger partial charge in [-0.1, -0.05) is 0 Å². The minimum atomic E-state index is 0.0488. The van der Waals surface area contributed by atoms with Crippen LogP contribution in [0.4, 0.5) is 0 Å². The Balaban J connectivity index is 1.56. The zero-order chi connectivity index (χ0) is 13.2. The highest BCUT2D eigenvalue weighted by Gasteiger charge is 2.20. The van der Waals surface area contributed by atoms with E-state index in [1.165, 1.54) is 0 Å². The molecule has 4 nitrogen and oxygen atoms in total.